The van der Waals surface area contributed by atoms with Gasteiger partial charge in [0.25, 0.3) is 0 Å². The number of rotatable bonds is 8. The summed E-state index contributed by atoms with van der Waals surface area (Å²) in [5.74, 6) is 0. The molecule has 140 valence electrons. The highest BCUT2D eigenvalue weighted by molar-refractivity contribution is 5.68. The quantitative estimate of drug-likeness (QED) is 0.414. The van der Waals surface area contributed by atoms with Gasteiger partial charge in [-0.05, 0) is 48.8 Å². The third kappa shape index (κ3) is 5.76. The SMILES string of the molecule is [N-]=[N+]=N[C@@H](Cc1ccccc1)[C@H](Cc1ccccc1)NC(=O)OC1CCC1. The zero-order chi connectivity index (χ0) is 18.9. The summed E-state index contributed by atoms with van der Waals surface area (Å²) in [7, 11) is 0. The van der Waals surface area contributed by atoms with Crippen LogP contribution in [0.5, 0.6) is 0 Å². The fourth-order valence-corrected chi connectivity index (χ4v) is 3.16. The third-order valence-electron chi connectivity index (χ3n) is 4.88. The number of alkyl carbamates (subject to hydrolysis) is 1. The molecule has 0 heterocycles. The number of hydrogen-bond donors (Lipinski definition) is 1. The highest BCUT2D eigenvalue weighted by atomic mass is 16.6. The second kappa shape index (κ2) is 9.64. The summed E-state index contributed by atoms with van der Waals surface area (Å²) in [6.45, 7) is 0. The van der Waals surface area contributed by atoms with Gasteiger partial charge in [-0.15, -0.1) is 0 Å². The first kappa shape index (κ1) is 18.8. The van der Waals surface area contributed by atoms with E-state index in [2.05, 4.69) is 15.3 Å². The van der Waals surface area contributed by atoms with Gasteiger partial charge in [0.1, 0.15) is 6.10 Å². The van der Waals surface area contributed by atoms with Crippen LogP contribution >= 0.6 is 0 Å². The molecule has 0 aliphatic heterocycles. The Hall–Kier alpha value is -2.98. The Morgan fingerprint density at radius 2 is 1.67 bits per heavy atom. The number of hydrogen-bond acceptors (Lipinski definition) is 3. The van der Waals surface area contributed by atoms with E-state index in [4.69, 9.17) is 10.3 Å². The molecule has 2 aromatic carbocycles. The highest BCUT2D eigenvalue weighted by Gasteiger charge is 2.27. The predicted molar refractivity (Wildman–Crippen MR) is 104 cm³/mol. The van der Waals surface area contributed by atoms with E-state index in [1.807, 2.05) is 60.7 Å². The smallest absolute Gasteiger partial charge is 0.407 e. The van der Waals surface area contributed by atoms with Gasteiger partial charge >= 0.3 is 6.09 Å². The number of amides is 1. The van der Waals surface area contributed by atoms with Crippen LogP contribution in [-0.4, -0.2) is 24.3 Å². The normalized spacial score (nSPS) is 15.7. The van der Waals surface area contributed by atoms with Crippen LogP contribution in [0.15, 0.2) is 65.8 Å². The van der Waals surface area contributed by atoms with Crippen molar-refractivity contribution in [3.8, 4) is 0 Å². The van der Waals surface area contributed by atoms with E-state index in [1.54, 1.807) is 0 Å². The van der Waals surface area contributed by atoms with Crippen molar-refractivity contribution >= 4 is 6.09 Å². The lowest BCUT2D eigenvalue weighted by molar-refractivity contribution is 0.0497. The van der Waals surface area contributed by atoms with E-state index in [9.17, 15) is 4.79 Å². The van der Waals surface area contributed by atoms with Crippen molar-refractivity contribution in [3.05, 3.63) is 82.2 Å². The zero-order valence-corrected chi connectivity index (χ0v) is 15.2. The molecule has 0 unspecified atom stereocenters. The van der Waals surface area contributed by atoms with Crippen molar-refractivity contribution in [2.75, 3.05) is 0 Å². The number of nitrogens with one attached hydrogen (secondary N) is 1. The van der Waals surface area contributed by atoms with E-state index >= 15 is 0 Å². The molecular formula is C21H24N4O2. The third-order valence-corrected chi connectivity index (χ3v) is 4.88. The van der Waals surface area contributed by atoms with Crippen LogP contribution in [0, 0.1) is 0 Å². The minimum absolute atomic E-state index is 0.00872. The van der Waals surface area contributed by atoms with E-state index in [0.717, 1.165) is 30.4 Å². The summed E-state index contributed by atoms with van der Waals surface area (Å²) in [6, 6.07) is 18.9. The van der Waals surface area contributed by atoms with Crippen molar-refractivity contribution in [1.29, 1.82) is 0 Å². The Morgan fingerprint density at radius 3 is 2.19 bits per heavy atom. The van der Waals surface area contributed by atoms with Crippen molar-refractivity contribution in [2.45, 2.75) is 50.3 Å². The molecule has 6 heteroatoms. The largest absolute Gasteiger partial charge is 0.446 e. The van der Waals surface area contributed by atoms with Crippen LogP contribution in [0.4, 0.5) is 4.79 Å². The lowest BCUT2D eigenvalue weighted by atomic mass is 9.94. The van der Waals surface area contributed by atoms with Crippen LogP contribution in [0.3, 0.4) is 0 Å². The van der Waals surface area contributed by atoms with Crippen molar-refractivity contribution < 1.29 is 9.53 Å². The number of carbonyl (C=O) groups excluding carboxylic acids is 1. The van der Waals surface area contributed by atoms with E-state index in [1.165, 1.54) is 0 Å². The zero-order valence-electron chi connectivity index (χ0n) is 15.2. The molecule has 0 aromatic heterocycles. The summed E-state index contributed by atoms with van der Waals surface area (Å²) in [5.41, 5.74) is 11.2. The van der Waals surface area contributed by atoms with Gasteiger partial charge in [0, 0.05) is 11.0 Å². The lowest BCUT2D eigenvalue weighted by Crippen LogP contribution is -2.46. The van der Waals surface area contributed by atoms with Gasteiger partial charge in [-0.25, -0.2) is 4.79 Å². The Bertz CT molecular complexity index is 771. The van der Waals surface area contributed by atoms with Crippen molar-refractivity contribution in [3.63, 3.8) is 0 Å². The van der Waals surface area contributed by atoms with Crippen molar-refractivity contribution in [1.82, 2.24) is 5.32 Å². The molecular weight excluding hydrogens is 340 g/mol. The summed E-state index contributed by atoms with van der Waals surface area (Å²) in [6.07, 6.45) is 3.62. The molecule has 1 N–H and O–H groups in total. The first-order valence-electron chi connectivity index (χ1n) is 9.34. The Labute approximate surface area is 159 Å². The average Bonchev–Trinajstić information content (AvgIpc) is 2.66. The fourth-order valence-electron chi connectivity index (χ4n) is 3.16. The van der Waals surface area contributed by atoms with Gasteiger partial charge in [0.15, 0.2) is 0 Å². The number of carbonyl (C=O) groups is 1. The Morgan fingerprint density at radius 1 is 1.07 bits per heavy atom. The van der Waals surface area contributed by atoms with Gasteiger partial charge in [-0.1, -0.05) is 65.8 Å². The van der Waals surface area contributed by atoms with Crippen LogP contribution in [-0.2, 0) is 17.6 Å². The Balaban J connectivity index is 1.75. The number of nitrogens with zero attached hydrogens (tertiary/aromatic N) is 3. The maximum absolute atomic E-state index is 12.3. The minimum Gasteiger partial charge on any atom is -0.446 e. The fraction of sp³-hybridized carbons (Fsp3) is 0.381. The summed E-state index contributed by atoms with van der Waals surface area (Å²) in [5, 5.41) is 6.94. The molecule has 0 bridgehead atoms. The molecule has 1 aliphatic carbocycles. The average molecular weight is 364 g/mol. The number of azide groups is 1. The molecule has 27 heavy (non-hydrogen) atoms. The molecule has 0 spiro atoms. The minimum atomic E-state index is -0.438. The summed E-state index contributed by atoms with van der Waals surface area (Å²) >= 11 is 0. The van der Waals surface area contributed by atoms with Gasteiger partial charge in [-0.3, -0.25) is 0 Å². The van der Waals surface area contributed by atoms with Gasteiger partial charge in [-0.2, -0.15) is 0 Å². The second-order valence-corrected chi connectivity index (χ2v) is 6.86. The first-order chi connectivity index (χ1) is 13.2. The molecule has 2 atom stereocenters. The monoisotopic (exact) mass is 364 g/mol. The standard InChI is InChI=1S/C21H24N4O2/c22-25-24-20(15-17-10-5-2-6-11-17)19(14-16-8-3-1-4-9-16)23-21(26)27-18-12-7-13-18/h1-6,8-11,18-20H,7,12-15H2,(H,23,26)/t19-,20-/m0/s1. The van der Waals surface area contributed by atoms with E-state index in [-0.39, 0.29) is 12.1 Å². The molecule has 1 aliphatic rings. The molecule has 3 rings (SSSR count). The molecule has 1 amide bonds. The van der Waals surface area contributed by atoms with Crippen LogP contribution < -0.4 is 5.32 Å². The van der Waals surface area contributed by atoms with Crippen molar-refractivity contribution in [2.24, 2.45) is 5.11 Å². The summed E-state index contributed by atoms with van der Waals surface area (Å²) in [4.78, 5) is 15.4. The molecule has 0 saturated heterocycles. The van der Waals surface area contributed by atoms with Gasteiger partial charge in [0.05, 0.1) is 6.04 Å². The van der Waals surface area contributed by atoms with E-state index < -0.39 is 12.1 Å². The first-order valence-corrected chi connectivity index (χ1v) is 9.34. The Kier molecular flexibility index (Phi) is 6.72. The lowest BCUT2D eigenvalue weighted by Gasteiger charge is -2.29. The van der Waals surface area contributed by atoms with E-state index in [0.29, 0.717) is 12.8 Å². The predicted octanol–water partition coefficient (Wildman–Crippen LogP) is 4.80. The summed E-state index contributed by atoms with van der Waals surface area (Å²) < 4.78 is 5.45. The highest BCUT2D eigenvalue weighted by Crippen LogP contribution is 2.22. The molecule has 0 radical (unpaired) electrons. The molecule has 1 fully saturated rings. The van der Waals surface area contributed by atoms with Crippen LogP contribution in [0.1, 0.15) is 30.4 Å². The van der Waals surface area contributed by atoms with Gasteiger partial charge in [0.2, 0.25) is 0 Å². The van der Waals surface area contributed by atoms with Crippen LogP contribution in [0.25, 0.3) is 10.4 Å². The van der Waals surface area contributed by atoms with Gasteiger partial charge < -0.3 is 10.1 Å². The maximum atomic E-state index is 12.3. The number of ether oxygens (including phenoxy) is 1. The molecule has 1 saturated carbocycles. The topological polar surface area (TPSA) is 87.1 Å². The number of benzene rings is 2. The molecule has 2 aromatic rings. The maximum Gasteiger partial charge on any atom is 0.407 e. The molecule has 6 nitrogen and oxygen atoms in total. The van der Waals surface area contributed by atoms with Crippen LogP contribution in [0.2, 0.25) is 0 Å². The second-order valence-electron chi connectivity index (χ2n) is 6.86.